The fraction of sp³-hybridized carbons (Fsp3) is 0.167. The number of nitriles is 1. The molecule has 0 aliphatic rings. The number of anilines is 1. The van der Waals surface area contributed by atoms with Crippen molar-refractivity contribution in [2.75, 3.05) is 33.1 Å². The topological polar surface area (TPSA) is 116 Å². The minimum atomic E-state index is -0.457. The average molecular weight is 489 g/mol. The van der Waals surface area contributed by atoms with Gasteiger partial charge in [0.2, 0.25) is 0 Å². The molecule has 10 nitrogen and oxygen atoms in total. The number of benzene rings is 2. The Balaban J connectivity index is 2.11. The number of aliphatic imine (C=N–C) groups is 1. The van der Waals surface area contributed by atoms with Gasteiger partial charge in [0.05, 0.1) is 22.3 Å². The number of nitrogens with zero attached hydrogens (tertiary/aromatic N) is 8. The summed E-state index contributed by atoms with van der Waals surface area (Å²) in [5.74, 6) is 0.870. The van der Waals surface area contributed by atoms with Crippen LogP contribution in [0.3, 0.4) is 0 Å². The van der Waals surface area contributed by atoms with Gasteiger partial charge >= 0.3 is 0 Å². The maximum Gasteiger partial charge on any atom is 0.269 e. The smallest absolute Gasteiger partial charge is 0.269 e. The number of nitro groups is 1. The van der Waals surface area contributed by atoms with Crippen molar-refractivity contribution >= 4 is 46.2 Å². The zero-order valence-corrected chi connectivity index (χ0v) is 20.2. The molecule has 0 amide bonds. The lowest BCUT2D eigenvalue weighted by Crippen LogP contribution is -2.14. The van der Waals surface area contributed by atoms with Crippen LogP contribution in [0.5, 0.6) is 0 Å². The molecule has 2 aromatic carbocycles. The highest BCUT2D eigenvalue weighted by molar-refractivity contribution is 6.30. The van der Waals surface area contributed by atoms with Gasteiger partial charge in [-0.25, -0.2) is 14.7 Å². The summed E-state index contributed by atoms with van der Waals surface area (Å²) >= 11 is 6.10. The van der Waals surface area contributed by atoms with Crippen molar-refractivity contribution in [3.63, 3.8) is 0 Å². The number of non-ortho nitro benzene ring substituents is 1. The summed E-state index contributed by atoms with van der Waals surface area (Å²) in [7, 11) is 7.33. The number of hydrogen-bond donors (Lipinski definition) is 0. The molecule has 11 heteroatoms. The molecule has 0 spiro atoms. The number of fused-ring (bicyclic) bond motifs is 1. The molecular formula is C24H21ClN8O2. The summed E-state index contributed by atoms with van der Waals surface area (Å²) in [6.45, 7) is 0. The molecule has 2 heterocycles. The molecule has 0 fully saturated rings. The van der Waals surface area contributed by atoms with Crippen molar-refractivity contribution in [2.24, 2.45) is 4.99 Å². The molecule has 0 bridgehead atoms. The monoisotopic (exact) mass is 488 g/mol. The molecule has 0 atom stereocenters. The average Bonchev–Trinajstić information content (AvgIpc) is 3.23. The molecule has 4 rings (SSSR count). The number of halogens is 1. The fourth-order valence-corrected chi connectivity index (χ4v) is 3.74. The van der Waals surface area contributed by atoms with Gasteiger partial charge in [-0.2, -0.15) is 10.4 Å². The molecule has 0 radical (unpaired) electrons. The van der Waals surface area contributed by atoms with Crippen LogP contribution in [0, 0.1) is 21.4 Å². The van der Waals surface area contributed by atoms with Crippen LogP contribution < -0.4 is 4.90 Å². The second-order valence-corrected chi connectivity index (χ2v) is 8.55. The van der Waals surface area contributed by atoms with E-state index in [0.717, 1.165) is 5.56 Å². The molecule has 0 unspecified atom stereocenters. The number of aromatic nitrogens is 3. The standard InChI is InChI=1S/C24H21ClN8O2/c1-30(2)14-27-23-19(13-26)20-22(21(28-23)15-5-7-16(25)8-6-15)29-32(24(20)31(3)4)17-9-11-18(12-10-17)33(34)35/h5-12,14H,1-4H3/b27-14+. The van der Waals surface area contributed by atoms with Gasteiger partial charge in [0.25, 0.3) is 5.69 Å². The Morgan fingerprint density at radius 1 is 1.11 bits per heavy atom. The third kappa shape index (κ3) is 4.49. The maximum absolute atomic E-state index is 11.1. The molecule has 35 heavy (non-hydrogen) atoms. The maximum atomic E-state index is 11.1. The number of nitro benzene ring substituents is 1. The van der Waals surface area contributed by atoms with Gasteiger partial charge in [-0.05, 0) is 24.3 Å². The highest BCUT2D eigenvalue weighted by Gasteiger charge is 2.25. The Bertz CT molecular complexity index is 1480. The van der Waals surface area contributed by atoms with Crippen molar-refractivity contribution in [3.05, 3.63) is 69.2 Å². The first-order valence-electron chi connectivity index (χ1n) is 10.5. The van der Waals surface area contributed by atoms with E-state index >= 15 is 0 Å². The van der Waals surface area contributed by atoms with Crippen LogP contribution in [0.25, 0.3) is 27.8 Å². The highest BCUT2D eigenvalue weighted by atomic mass is 35.5. The fourth-order valence-electron chi connectivity index (χ4n) is 3.62. The molecule has 0 N–H and O–H groups in total. The summed E-state index contributed by atoms with van der Waals surface area (Å²) in [6.07, 6.45) is 1.58. The van der Waals surface area contributed by atoms with Gasteiger partial charge < -0.3 is 9.80 Å². The first-order valence-corrected chi connectivity index (χ1v) is 10.8. The van der Waals surface area contributed by atoms with Crippen LogP contribution in [-0.4, -0.2) is 59.1 Å². The van der Waals surface area contributed by atoms with E-state index in [9.17, 15) is 15.4 Å². The van der Waals surface area contributed by atoms with E-state index in [1.807, 2.05) is 45.2 Å². The van der Waals surface area contributed by atoms with E-state index in [0.29, 0.717) is 33.1 Å². The van der Waals surface area contributed by atoms with Gasteiger partial charge in [-0.1, -0.05) is 23.7 Å². The lowest BCUT2D eigenvalue weighted by Gasteiger charge is -2.16. The third-order valence-corrected chi connectivity index (χ3v) is 5.40. The summed E-state index contributed by atoms with van der Waals surface area (Å²) in [5, 5.41) is 27.2. The van der Waals surface area contributed by atoms with E-state index in [1.165, 1.54) is 12.1 Å². The van der Waals surface area contributed by atoms with Crippen molar-refractivity contribution in [1.82, 2.24) is 19.7 Å². The van der Waals surface area contributed by atoms with Gasteiger partial charge in [0.15, 0.2) is 5.82 Å². The van der Waals surface area contributed by atoms with Crippen LogP contribution in [0.1, 0.15) is 5.56 Å². The van der Waals surface area contributed by atoms with E-state index < -0.39 is 4.92 Å². The number of hydrogen-bond acceptors (Lipinski definition) is 7. The summed E-state index contributed by atoms with van der Waals surface area (Å²) in [4.78, 5) is 23.4. The van der Waals surface area contributed by atoms with Gasteiger partial charge in [0, 0.05) is 50.9 Å². The highest BCUT2D eigenvalue weighted by Crippen LogP contribution is 2.40. The summed E-state index contributed by atoms with van der Waals surface area (Å²) in [6, 6.07) is 15.5. The molecule has 176 valence electrons. The largest absolute Gasteiger partial charge is 0.369 e. The first kappa shape index (κ1) is 23.7. The predicted molar refractivity (Wildman–Crippen MR) is 137 cm³/mol. The number of rotatable bonds is 6. The molecular weight excluding hydrogens is 468 g/mol. The van der Waals surface area contributed by atoms with Gasteiger partial charge in [-0.15, -0.1) is 0 Å². The van der Waals surface area contributed by atoms with E-state index in [1.54, 1.807) is 40.2 Å². The zero-order chi connectivity index (χ0) is 25.3. The van der Waals surface area contributed by atoms with Crippen molar-refractivity contribution in [2.45, 2.75) is 0 Å². The lowest BCUT2D eigenvalue weighted by atomic mass is 10.1. The van der Waals surface area contributed by atoms with E-state index in [-0.39, 0.29) is 17.1 Å². The van der Waals surface area contributed by atoms with Crippen LogP contribution in [-0.2, 0) is 0 Å². The van der Waals surface area contributed by atoms with Gasteiger partial charge in [-0.3, -0.25) is 10.1 Å². The number of pyridine rings is 1. The Morgan fingerprint density at radius 3 is 2.31 bits per heavy atom. The quantitative estimate of drug-likeness (QED) is 0.165. The minimum Gasteiger partial charge on any atom is -0.369 e. The Hall–Kier alpha value is -4.49. The Morgan fingerprint density at radius 2 is 1.77 bits per heavy atom. The SMILES string of the molecule is CN(C)/C=N/c1nc(-c2ccc(Cl)cc2)c2nn(-c3ccc([N+](=O)[O-])cc3)c(N(C)C)c2c1C#N. The van der Waals surface area contributed by atoms with Crippen molar-refractivity contribution < 1.29 is 4.92 Å². The second kappa shape index (κ2) is 9.40. The van der Waals surface area contributed by atoms with Gasteiger partial charge in [0.1, 0.15) is 28.7 Å². The zero-order valence-electron chi connectivity index (χ0n) is 19.5. The Labute approximate surface area is 206 Å². The van der Waals surface area contributed by atoms with Crippen LogP contribution in [0.15, 0.2) is 53.5 Å². The summed E-state index contributed by atoms with van der Waals surface area (Å²) < 4.78 is 1.65. The first-order chi connectivity index (χ1) is 16.7. The molecule has 0 saturated heterocycles. The molecule has 0 saturated carbocycles. The van der Waals surface area contributed by atoms with E-state index in [4.69, 9.17) is 21.7 Å². The van der Waals surface area contributed by atoms with Crippen molar-refractivity contribution in [1.29, 1.82) is 5.26 Å². The lowest BCUT2D eigenvalue weighted by molar-refractivity contribution is -0.384. The predicted octanol–water partition coefficient (Wildman–Crippen LogP) is 4.81. The molecule has 2 aromatic heterocycles. The third-order valence-electron chi connectivity index (χ3n) is 5.15. The van der Waals surface area contributed by atoms with E-state index in [2.05, 4.69) is 11.1 Å². The minimum absolute atomic E-state index is 0.0293. The normalized spacial score (nSPS) is 11.1. The molecule has 0 aliphatic carbocycles. The molecule has 0 aliphatic heterocycles. The molecule has 4 aromatic rings. The summed E-state index contributed by atoms with van der Waals surface area (Å²) in [5.41, 5.74) is 2.62. The van der Waals surface area contributed by atoms with Crippen LogP contribution in [0.4, 0.5) is 17.3 Å². The van der Waals surface area contributed by atoms with Crippen LogP contribution in [0.2, 0.25) is 5.02 Å². The van der Waals surface area contributed by atoms with Crippen molar-refractivity contribution in [3.8, 4) is 23.0 Å². The van der Waals surface area contributed by atoms with Crippen LogP contribution >= 0.6 is 11.6 Å². The Kier molecular flexibility index (Phi) is 6.36. The second-order valence-electron chi connectivity index (χ2n) is 8.11.